The van der Waals surface area contributed by atoms with Crippen molar-refractivity contribution in [3.63, 3.8) is 0 Å². The highest BCUT2D eigenvalue weighted by Crippen LogP contribution is 2.39. The van der Waals surface area contributed by atoms with E-state index in [1.807, 2.05) is 0 Å². The average molecular weight is 217 g/mol. The monoisotopic (exact) mass is 217 g/mol. The van der Waals surface area contributed by atoms with Gasteiger partial charge in [0, 0.05) is 12.6 Å². The van der Waals surface area contributed by atoms with E-state index in [2.05, 4.69) is 19.2 Å². The molecule has 3 nitrogen and oxygen atoms in total. The smallest absolute Gasteiger partial charge is 0.155 e. The summed E-state index contributed by atoms with van der Waals surface area (Å²) in [6.07, 6.45) is 2.97. The number of sulfone groups is 1. The number of hydrogen-bond donors (Lipinski definition) is 1. The van der Waals surface area contributed by atoms with Crippen molar-refractivity contribution in [2.75, 3.05) is 12.3 Å². The molecule has 0 aromatic rings. The summed E-state index contributed by atoms with van der Waals surface area (Å²) in [6, 6.07) is 0.224. The molecule has 14 heavy (non-hydrogen) atoms. The molecule has 0 aromatic carbocycles. The second-order valence-electron chi connectivity index (χ2n) is 5.37. The maximum Gasteiger partial charge on any atom is 0.155 e. The lowest BCUT2D eigenvalue weighted by atomic mass is 9.75. The predicted molar refractivity (Wildman–Crippen MR) is 57.0 cm³/mol. The third-order valence-electron chi connectivity index (χ3n) is 3.59. The van der Waals surface area contributed by atoms with Crippen LogP contribution in [0.5, 0.6) is 0 Å². The molecule has 2 atom stereocenters. The van der Waals surface area contributed by atoms with Gasteiger partial charge in [0.2, 0.25) is 0 Å². The molecule has 82 valence electrons. The summed E-state index contributed by atoms with van der Waals surface area (Å²) < 4.78 is 23.7. The first kappa shape index (κ1) is 10.4. The molecule has 2 unspecified atom stereocenters. The number of rotatable bonds is 0. The van der Waals surface area contributed by atoms with Gasteiger partial charge in [0.15, 0.2) is 9.84 Å². The summed E-state index contributed by atoms with van der Waals surface area (Å²) in [5, 5.41) is 3.21. The maximum atomic E-state index is 11.9. The zero-order valence-electron chi connectivity index (χ0n) is 8.91. The number of nitrogens with one attached hydrogen (secondary N) is 1. The molecule has 2 rings (SSSR count). The Morgan fingerprint density at radius 1 is 1.36 bits per heavy atom. The fourth-order valence-electron chi connectivity index (χ4n) is 2.67. The van der Waals surface area contributed by atoms with E-state index in [9.17, 15) is 8.42 Å². The summed E-state index contributed by atoms with van der Waals surface area (Å²) in [4.78, 5) is 0. The fourth-order valence-corrected chi connectivity index (χ4v) is 4.81. The van der Waals surface area contributed by atoms with Crippen molar-refractivity contribution in [3.05, 3.63) is 0 Å². The Labute approximate surface area is 86.2 Å². The van der Waals surface area contributed by atoms with Crippen molar-refractivity contribution in [3.8, 4) is 0 Å². The van der Waals surface area contributed by atoms with E-state index in [0.29, 0.717) is 12.3 Å². The van der Waals surface area contributed by atoms with Crippen molar-refractivity contribution < 1.29 is 8.42 Å². The van der Waals surface area contributed by atoms with Crippen molar-refractivity contribution in [2.24, 2.45) is 5.41 Å². The highest BCUT2D eigenvalue weighted by molar-refractivity contribution is 7.92. The van der Waals surface area contributed by atoms with Gasteiger partial charge in [0.05, 0.1) is 11.0 Å². The van der Waals surface area contributed by atoms with Gasteiger partial charge in [-0.05, 0) is 24.7 Å². The molecule has 0 spiro atoms. The topological polar surface area (TPSA) is 46.2 Å². The van der Waals surface area contributed by atoms with Crippen molar-refractivity contribution in [2.45, 2.75) is 44.4 Å². The average Bonchev–Trinajstić information content (AvgIpc) is 2.05. The second kappa shape index (κ2) is 3.20. The summed E-state index contributed by atoms with van der Waals surface area (Å²) in [7, 11) is -2.82. The highest BCUT2D eigenvalue weighted by atomic mass is 32.2. The fraction of sp³-hybridized carbons (Fsp3) is 1.00. The normalized spacial score (nSPS) is 40.1. The van der Waals surface area contributed by atoms with Gasteiger partial charge in [-0.1, -0.05) is 13.8 Å². The van der Waals surface area contributed by atoms with Crippen molar-refractivity contribution in [1.29, 1.82) is 0 Å². The van der Waals surface area contributed by atoms with Gasteiger partial charge in [0.25, 0.3) is 0 Å². The Morgan fingerprint density at radius 3 is 2.79 bits per heavy atom. The Balaban J connectivity index is 2.23. The molecule has 0 aromatic heterocycles. The molecule has 0 amide bonds. The molecule has 1 aliphatic carbocycles. The standard InChI is InChI=1S/C10H19NO2S/c1-10(2)4-3-8-9(7-10)14(12,13)6-5-11-8/h8-9,11H,3-7H2,1-2H3. The van der Waals surface area contributed by atoms with Gasteiger partial charge < -0.3 is 5.32 Å². The lowest BCUT2D eigenvalue weighted by molar-refractivity contribution is 0.206. The minimum absolute atomic E-state index is 0.125. The Bertz CT molecular complexity index is 321. The number of fused-ring (bicyclic) bond motifs is 1. The Kier molecular flexibility index (Phi) is 2.39. The lowest BCUT2D eigenvalue weighted by Gasteiger charge is -2.43. The van der Waals surface area contributed by atoms with Crippen LogP contribution in [-0.2, 0) is 9.84 Å². The zero-order valence-corrected chi connectivity index (χ0v) is 9.73. The molecule has 2 aliphatic rings. The van der Waals surface area contributed by atoms with E-state index in [-0.39, 0.29) is 16.7 Å². The first-order chi connectivity index (χ1) is 6.41. The Morgan fingerprint density at radius 2 is 2.07 bits per heavy atom. The SMILES string of the molecule is CC1(C)CCC2NCCS(=O)(=O)C2C1. The van der Waals surface area contributed by atoms with Crippen LogP contribution in [0.1, 0.15) is 33.1 Å². The molecular weight excluding hydrogens is 198 g/mol. The van der Waals surface area contributed by atoms with Gasteiger partial charge in [-0.25, -0.2) is 8.42 Å². The first-order valence-electron chi connectivity index (χ1n) is 5.36. The van der Waals surface area contributed by atoms with Gasteiger partial charge in [0.1, 0.15) is 0 Å². The number of hydrogen-bond acceptors (Lipinski definition) is 3. The van der Waals surface area contributed by atoms with Crippen LogP contribution in [0.3, 0.4) is 0 Å². The van der Waals surface area contributed by atoms with Crippen molar-refractivity contribution >= 4 is 9.84 Å². The van der Waals surface area contributed by atoms with Gasteiger partial charge in [-0.15, -0.1) is 0 Å². The molecule has 0 radical (unpaired) electrons. The van der Waals surface area contributed by atoms with Crippen LogP contribution in [0.4, 0.5) is 0 Å². The van der Waals surface area contributed by atoms with E-state index >= 15 is 0 Å². The molecule has 4 heteroatoms. The predicted octanol–water partition coefficient (Wildman–Crippen LogP) is 0.952. The third-order valence-corrected chi connectivity index (χ3v) is 5.78. The van der Waals surface area contributed by atoms with Crippen LogP contribution in [0, 0.1) is 5.41 Å². The quantitative estimate of drug-likeness (QED) is 0.657. The lowest BCUT2D eigenvalue weighted by Crippen LogP contribution is -2.56. The van der Waals surface area contributed by atoms with E-state index in [1.54, 1.807) is 0 Å². The Hall–Kier alpha value is -0.0900. The van der Waals surface area contributed by atoms with E-state index < -0.39 is 9.84 Å². The molecular formula is C10H19NO2S. The van der Waals surface area contributed by atoms with Crippen LogP contribution >= 0.6 is 0 Å². The van der Waals surface area contributed by atoms with Crippen LogP contribution in [0.25, 0.3) is 0 Å². The molecule has 1 heterocycles. The minimum atomic E-state index is -2.82. The summed E-state index contributed by atoms with van der Waals surface area (Å²) in [5.41, 5.74) is 0.202. The molecule has 1 saturated heterocycles. The molecule has 1 N–H and O–H groups in total. The van der Waals surface area contributed by atoms with Gasteiger partial charge in [-0.2, -0.15) is 0 Å². The highest BCUT2D eigenvalue weighted by Gasteiger charge is 2.43. The minimum Gasteiger partial charge on any atom is -0.312 e. The first-order valence-corrected chi connectivity index (χ1v) is 7.07. The van der Waals surface area contributed by atoms with Gasteiger partial charge in [-0.3, -0.25) is 0 Å². The third kappa shape index (κ3) is 1.82. The largest absolute Gasteiger partial charge is 0.312 e. The van der Waals surface area contributed by atoms with E-state index in [4.69, 9.17) is 0 Å². The zero-order chi connectivity index (χ0) is 10.4. The maximum absolute atomic E-state index is 11.9. The second-order valence-corrected chi connectivity index (χ2v) is 7.71. The molecule has 2 fully saturated rings. The summed E-state index contributed by atoms with van der Waals surface area (Å²) >= 11 is 0. The summed E-state index contributed by atoms with van der Waals surface area (Å²) in [5.74, 6) is 0.324. The van der Waals surface area contributed by atoms with E-state index in [0.717, 1.165) is 19.3 Å². The molecule has 0 bridgehead atoms. The van der Waals surface area contributed by atoms with Crippen molar-refractivity contribution in [1.82, 2.24) is 5.32 Å². The molecule has 1 saturated carbocycles. The van der Waals surface area contributed by atoms with Gasteiger partial charge >= 0.3 is 0 Å². The summed E-state index contributed by atoms with van der Waals surface area (Å²) in [6.45, 7) is 4.99. The molecule has 1 aliphatic heterocycles. The van der Waals surface area contributed by atoms with E-state index in [1.165, 1.54) is 0 Å². The van der Waals surface area contributed by atoms with Crippen LogP contribution in [0.2, 0.25) is 0 Å². The van der Waals surface area contributed by atoms with Crippen LogP contribution in [0.15, 0.2) is 0 Å². The van der Waals surface area contributed by atoms with Crippen LogP contribution in [-0.4, -0.2) is 32.0 Å². The van der Waals surface area contributed by atoms with Crippen LogP contribution < -0.4 is 5.32 Å².